The quantitative estimate of drug-likeness (QED) is 0.330. The summed E-state index contributed by atoms with van der Waals surface area (Å²) in [5.41, 5.74) is 1.64. The van der Waals surface area contributed by atoms with Gasteiger partial charge in [0.05, 0.1) is 28.6 Å². The maximum absolute atomic E-state index is 13.8. The molecule has 0 bridgehead atoms. The summed E-state index contributed by atoms with van der Waals surface area (Å²) in [6.07, 6.45) is -0.281. The van der Waals surface area contributed by atoms with Crippen LogP contribution in [0.25, 0.3) is 10.9 Å². The van der Waals surface area contributed by atoms with Gasteiger partial charge in [-0.05, 0) is 55.5 Å². The summed E-state index contributed by atoms with van der Waals surface area (Å²) >= 11 is 5.97. The van der Waals surface area contributed by atoms with Crippen LogP contribution in [0.5, 0.6) is 0 Å². The Morgan fingerprint density at radius 2 is 1.65 bits per heavy atom. The number of halogens is 1. The number of ether oxygens (including phenoxy) is 1. The number of carbonyl (C=O) groups excluding carboxylic acids is 2. The molecule has 5 rings (SSSR count). The molecule has 4 aromatic rings. The number of fused-ring (bicyclic) bond motifs is 3. The molecule has 1 amide bonds. The molecule has 40 heavy (non-hydrogen) atoms. The summed E-state index contributed by atoms with van der Waals surface area (Å²) in [5.74, 6) is -0.519. The predicted octanol–water partition coefficient (Wildman–Crippen LogP) is 3.92. The van der Waals surface area contributed by atoms with E-state index in [1.807, 2.05) is 0 Å². The van der Waals surface area contributed by atoms with Crippen molar-refractivity contribution in [3.63, 3.8) is 0 Å². The average molecular weight is 602 g/mol. The highest BCUT2D eigenvalue weighted by Gasteiger charge is 2.32. The molecule has 0 saturated carbocycles. The number of aromatic nitrogens is 1. The molecule has 0 atom stereocenters. The van der Waals surface area contributed by atoms with E-state index in [1.165, 1.54) is 45.3 Å². The van der Waals surface area contributed by atoms with Crippen LogP contribution in [0, 0.1) is 0 Å². The molecule has 3 aromatic carbocycles. The van der Waals surface area contributed by atoms with E-state index in [4.69, 9.17) is 21.5 Å². The van der Waals surface area contributed by atoms with Crippen molar-refractivity contribution < 1.29 is 31.2 Å². The Bertz CT molecular complexity index is 1890. The van der Waals surface area contributed by atoms with Gasteiger partial charge < -0.3 is 9.64 Å². The summed E-state index contributed by atoms with van der Waals surface area (Å²) < 4.78 is 57.9. The number of nitrogens with two attached hydrogens (primary N) is 1. The molecular weight excluding hydrogens is 578 g/mol. The lowest BCUT2D eigenvalue weighted by Gasteiger charge is -2.27. The molecule has 1 aliphatic rings. The minimum absolute atomic E-state index is 0.0335. The first kappa shape index (κ1) is 27.8. The molecule has 0 fully saturated rings. The van der Waals surface area contributed by atoms with Crippen molar-refractivity contribution in [3.8, 4) is 0 Å². The minimum Gasteiger partial charge on any atom is -0.450 e. The number of hydrogen-bond donors (Lipinski definition) is 1. The summed E-state index contributed by atoms with van der Waals surface area (Å²) in [4.78, 5) is 27.2. The third-order valence-electron chi connectivity index (χ3n) is 6.67. The third-order valence-corrected chi connectivity index (χ3v) is 9.83. The lowest BCUT2D eigenvalue weighted by Crippen LogP contribution is -2.37. The van der Waals surface area contributed by atoms with E-state index >= 15 is 0 Å². The van der Waals surface area contributed by atoms with Crippen LogP contribution >= 0.6 is 11.6 Å². The first-order valence-electron chi connectivity index (χ1n) is 12.2. The predicted molar refractivity (Wildman–Crippen MR) is 148 cm³/mol. The number of hydrogen-bond acceptors (Lipinski definition) is 7. The third kappa shape index (κ3) is 4.87. The van der Waals surface area contributed by atoms with Gasteiger partial charge in [0.2, 0.25) is 10.0 Å². The summed E-state index contributed by atoms with van der Waals surface area (Å²) in [5, 5.41) is 5.59. The van der Waals surface area contributed by atoms with Gasteiger partial charge in [0.1, 0.15) is 4.90 Å². The van der Waals surface area contributed by atoms with Crippen molar-refractivity contribution in [3.05, 3.63) is 94.1 Å². The van der Waals surface area contributed by atoms with Gasteiger partial charge in [0.25, 0.3) is 10.0 Å². The zero-order chi connectivity index (χ0) is 28.8. The molecule has 1 aromatic heterocycles. The second kappa shape index (κ2) is 10.4. The van der Waals surface area contributed by atoms with E-state index in [1.54, 1.807) is 31.2 Å². The van der Waals surface area contributed by atoms with Crippen LogP contribution in [0.2, 0.25) is 5.02 Å². The van der Waals surface area contributed by atoms with Crippen LogP contribution in [-0.2, 0) is 37.7 Å². The van der Waals surface area contributed by atoms with Crippen molar-refractivity contribution in [1.29, 1.82) is 0 Å². The SMILES string of the molecule is CCOC(=O)N1CCc2c(c3cc(C(=O)c4ccc(Cl)c(S(N)(=O)=O)c4)ccc3n2S(=O)(=O)c2ccccc2)C1. The van der Waals surface area contributed by atoms with Crippen molar-refractivity contribution in [2.24, 2.45) is 5.14 Å². The molecule has 0 saturated heterocycles. The van der Waals surface area contributed by atoms with Crippen LogP contribution in [0.4, 0.5) is 4.79 Å². The number of rotatable bonds is 6. The van der Waals surface area contributed by atoms with E-state index in [0.717, 1.165) is 6.07 Å². The first-order valence-corrected chi connectivity index (χ1v) is 15.6. The van der Waals surface area contributed by atoms with Gasteiger partial charge >= 0.3 is 6.09 Å². The van der Waals surface area contributed by atoms with E-state index in [0.29, 0.717) is 22.2 Å². The fraction of sp³-hybridized carbons (Fsp3) is 0.185. The van der Waals surface area contributed by atoms with Crippen LogP contribution in [0.3, 0.4) is 0 Å². The largest absolute Gasteiger partial charge is 0.450 e. The second-order valence-corrected chi connectivity index (χ2v) is 12.9. The molecule has 0 spiro atoms. The number of ketones is 1. The van der Waals surface area contributed by atoms with Crippen LogP contribution in [-0.4, -0.2) is 50.7 Å². The Labute approximate surface area is 236 Å². The smallest absolute Gasteiger partial charge is 0.410 e. The second-order valence-electron chi connectivity index (χ2n) is 9.13. The van der Waals surface area contributed by atoms with Crippen LogP contribution < -0.4 is 5.14 Å². The molecule has 208 valence electrons. The Morgan fingerprint density at radius 3 is 2.33 bits per heavy atom. The number of nitrogens with zero attached hydrogens (tertiary/aromatic N) is 2. The fourth-order valence-electron chi connectivity index (χ4n) is 4.83. The topological polar surface area (TPSA) is 146 Å². The van der Waals surface area contributed by atoms with Crippen LogP contribution in [0.15, 0.2) is 76.5 Å². The maximum atomic E-state index is 13.8. The molecule has 1 aliphatic heterocycles. The van der Waals surface area contributed by atoms with Crippen molar-refractivity contribution in [2.45, 2.75) is 29.7 Å². The fourth-order valence-corrected chi connectivity index (χ4v) is 7.52. The monoisotopic (exact) mass is 601 g/mol. The number of sulfonamides is 1. The van der Waals surface area contributed by atoms with E-state index in [9.17, 15) is 26.4 Å². The molecule has 2 N–H and O–H groups in total. The summed E-state index contributed by atoms with van der Waals surface area (Å²) in [7, 11) is -8.20. The van der Waals surface area contributed by atoms with E-state index in [-0.39, 0.29) is 52.1 Å². The summed E-state index contributed by atoms with van der Waals surface area (Å²) in [6.45, 7) is 2.21. The van der Waals surface area contributed by atoms with Gasteiger partial charge in [0, 0.05) is 40.7 Å². The minimum atomic E-state index is -4.18. The molecule has 2 heterocycles. The van der Waals surface area contributed by atoms with Gasteiger partial charge in [-0.3, -0.25) is 4.79 Å². The van der Waals surface area contributed by atoms with Gasteiger partial charge in [0.15, 0.2) is 5.78 Å². The molecular formula is C27H24ClN3O7S2. The molecule has 10 nitrogen and oxygen atoms in total. The van der Waals surface area contributed by atoms with E-state index in [2.05, 4.69) is 0 Å². The Kier molecular flexibility index (Phi) is 7.21. The lowest BCUT2D eigenvalue weighted by molar-refractivity contribution is 0.102. The normalized spacial score (nSPS) is 13.7. The zero-order valence-electron chi connectivity index (χ0n) is 21.2. The highest BCUT2D eigenvalue weighted by atomic mass is 35.5. The number of primary sulfonamides is 1. The Morgan fingerprint density at radius 1 is 0.975 bits per heavy atom. The van der Waals surface area contributed by atoms with Gasteiger partial charge in [-0.15, -0.1) is 0 Å². The number of carbonyl (C=O) groups is 2. The first-order chi connectivity index (χ1) is 18.9. The summed E-state index contributed by atoms with van der Waals surface area (Å²) in [6, 6.07) is 16.3. The average Bonchev–Trinajstić information content (AvgIpc) is 3.26. The van der Waals surface area contributed by atoms with Gasteiger partial charge in [-0.2, -0.15) is 0 Å². The van der Waals surface area contributed by atoms with Gasteiger partial charge in [-0.25, -0.2) is 30.7 Å². The highest BCUT2D eigenvalue weighted by Crippen LogP contribution is 2.35. The Balaban J connectivity index is 1.69. The maximum Gasteiger partial charge on any atom is 0.410 e. The standard InChI is InChI=1S/C27H24ClN3O7S2/c1-2-38-27(33)30-13-12-24-21(16-30)20-14-17(26(32)18-8-10-22(28)25(15-18)39(29,34)35)9-11-23(20)31(24)40(36,37)19-6-4-3-5-7-19/h3-11,14-15H,2,12-13,16H2,1H3,(H2,29,34,35). The zero-order valence-corrected chi connectivity index (χ0v) is 23.6. The molecule has 0 aliphatic carbocycles. The number of benzene rings is 3. The van der Waals surface area contributed by atoms with Crippen molar-refractivity contribution in [2.75, 3.05) is 13.2 Å². The highest BCUT2D eigenvalue weighted by molar-refractivity contribution is 7.90. The van der Waals surface area contributed by atoms with Crippen molar-refractivity contribution >= 4 is 54.4 Å². The lowest BCUT2D eigenvalue weighted by atomic mass is 9.99. The number of amides is 1. The molecule has 13 heteroatoms. The van der Waals surface area contributed by atoms with Crippen molar-refractivity contribution in [1.82, 2.24) is 8.87 Å². The van der Waals surface area contributed by atoms with Crippen LogP contribution in [0.1, 0.15) is 34.1 Å². The molecule has 0 radical (unpaired) electrons. The Hall–Kier alpha value is -3.71. The van der Waals surface area contributed by atoms with Gasteiger partial charge in [-0.1, -0.05) is 29.8 Å². The molecule has 0 unspecified atom stereocenters. The van der Waals surface area contributed by atoms with E-state index < -0.39 is 31.9 Å².